The van der Waals surface area contributed by atoms with Gasteiger partial charge in [-0.25, -0.2) is 18.5 Å². The Bertz CT molecular complexity index is 1500. The average Bonchev–Trinajstić information content (AvgIpc) is 3.49. The Balaban J connectivity index is 0.000000967. The van der Waals surface area contributed by atoms with Gasteiger partial charge in [0.2, 0.25) is 15.8 Å². The van der Waals surface area contributed by atoms with Crippen LogP contribution in [0, 0.1) is 0 Å². The number of tetrazole rings is 1. The number of nitrogen functional groups attached to an aromatic ring is 1. The van der Waals surface area contributed by atoms with Crippen molar-refractivity contribution in [1.29, 1.82) is 0 Å². The highest BCUT2D eigenvalue weighted by Crippen LogP contribution is 2.44. The Labute approximate surface area is 212 Å². The normalized spacial score (nSPS) is 17.8. The number of H-pyrrole nitrogens is 2. The molecule has 0 spiro atoms. The molecule has 1 fully saturated rings. The van der Waals surface area contributed by atoms with E-state index in [2.05, 4.69) is 49.5 Å². The summed E-state index contributed by atoms with van der Waals surface area (Å²) in [5, 5.41) is 20.2. The molecule has 0 radical (unpaired) electrons. The van der Waals surface area contributed by atoms with E-state index in [-0.39, 0.29) is 33.5 Å². The number of hydrogen-bond acceptors (Lipinski definition) is 9. The van der Waals surface area contributed by atoms with Crippen molar-refractivity contribution in [3.05, 3.63) is 49.2 Å². The molecule has 0 amide bonds. The van der Waals surface area contributed by atoms with E-state index in [9.17, 15) is 8.42 Å². The van der Waals surface area contributed by atoms with E-state index in [1.807, 2.05) is 24.3 Å². The lowest BCUT2D eigenvalue weighted by atomic mass is 9.96. The molecule has 2 heterocycles. The zero-order chi connectivity index (χ0) is 25.9. The monoisotopic (exact) mass is 525 g/mol. The number of sulfonamides is 1. The molecule has 8 N–H and O–H groups in total. The molecule has 0 aliphatic heterocycles. The Kier molecular flexibility index (Phi) is 7.57. The van der Waals surface area contributed by atoms with Gasteiger partial charge in [0, 0.05) is 21.8 Å². The lowest BCUT2D eigenvalue weighted by Gasteiger charge is -2.26. The summed E-state index contributed by atoms with van der Waals surface area (Å²) in [5.41, 5.74) is 17.0. The van der Waals surface area contributed by atoms with E-state index in [1.165, 1.54) is 11.8 Å². The standard InChI is InChI=1S/C20H23N9O2S2.C3H4/c21-10-4-6-11(7-5-10)32-15-9-8-12(13-2-1-3-14-17(13)25-20(22)24-14)16(18(15)33(23,30)31)19-26-28-29-27-19;1-3-2/h1-3,8-11H,4-7,21H2,(H3,22,24,25)(H2,23,30,31)(H,26,27,28,29);1-2H2. The summed E-state index contributed by atoms with van der Waals surface area (Å²) in [6.45, 7) is 6.25. The number of hydrogen-bond donors (Lipinski definition) is 5. The van der Waals surface area contributed by atoms with Crippen LogP contribution >= 0.6 is 11.8 Å². The van der Waals surface area contributed by atoms with Gasteiger partial charge in [0.1, 0.15) is 4.90 Å². The first-order valence-corrected chi connectivity index (χ1v) is 13.5. The number of anilines is 1. The highest BCUT2D eigenvalue weighted by molar-refractivity contribution is 8.00. The quantitative estimate of drug-likeness (QED) is 0.243. The minimum absolute atomic E-state index is 0.0261. The van der Waals surface area contributed by atoms with Crippen LogP contribution in [0.25, 0.3) is 33.5 Å². The molecule has 1 aliphatic rings. The third-order valence-electron chi connectivity index (χ3n) is 5.81. The summed E-state index contributed by atoms with van der Waals surface area (Å²) in [5.74, 6) is 0.385. The van der Waals surface area contributed by atoms with E-state index in [1.54, 1.807) is 6.07 Å². The number of aromatic nitrogens is 6. The van der Waals surface area contributed by atoms with Crippen LogP contribution in [-0.2, 0) is 10.0 Å². The predicted octanol–water partition coefficient (Wildman–Crippen LogP) is 2.96. The summed E-state index contributed by atoms with van der Waals surface area (Å²) in [4.78, 5) is 7.91. The zero-order valence-corrected chi connectivity index (χ0v) is 21.1. The number of aromatic amines is 2. The number of para-hydroxylation sites is 1. The largest absolute Gasteiger partial charge is 0.369 e. The Morgan fingerprint density at radius 2 is 1.81 bits per heavy atom. The van der Waals surface area contributed by atoms with Crippen molar-refractivity contribution < 1.29 is 8.42 Å². The maximum absolute atomic E-state index is 12.9. The van der Waals surface area contributed by atoms with Crippen LogP contribution in [0.5, 0.6) is 0 Å². The number of nitrogens with two attached hydrogens (primary N) is 3. The van der Waals surface area contributed by atoms with Gasteiger partial charge in [-0.05, 0) is 48.6 Å². The first-order valence-electron chi connectivity index (χ1n) is 11.1. The third kappa shape index (κ3) is 5.35. The lowest BCUT2D eigenvalue weighted by molar-refractivity contribution is 0.450. The molecule has 5 rings (SSSR count). The van der Waals surface area contributed by atoms with Gasteiger partial charge in [-0.2, -0.15) is 5.21 Å². The highest BCUT2D eigenvalue weighted by Gasteiger charge is 2.29. The van der Waals surface area contributed by atoms with Gasteiger partial charge in [0.05, 0.1) is 16.6 Å². The van der Waals surface area contributed by atoms with Crippen molar-refractivity contribution >= 4 is 38.8 Å². The fourth-order valence-corrected chi connectivity index (χ4v) is 6.86. The maximum atomic E-state index is 12.9. The second kappa shape index (κ2) is 10.6. The van der Waals surface area contributed by atoms with Gasteiger partial charge in [0.25, 0.3) is 0 Å². The lowest BCUT2D eigenvalue weighted by Crippen LogP contribution is -2.27. The number of nitrogens with one attached hydrogen (secondary N) is 2. The average molecular weight is 526 g/mol. The van der Waals surface area contributed by atoms with Crippen molar-refractivity contribution in [2.45, 2.75) is 46.8 Å². The summed E-state index contributed by atoms with van der Waals surface area (Å²) >= 11 is 1.50. The summed E-state index contributed by atoms with van der Waals surface area (Å²) in [6, 6.07) is 9.33. The molecule has 2 aromatic heterocycles. The molecule has 2 aromatic carbocycles. The van der Waals surface area contributed by atoms with Gasteiger partial charge in [-0.3, -0.25) is 0 Å². The number of primary sulfonamides is 1. The van der Waals surface area contributed by atoms with E-state index in [0.29, 0.717) is 21.5 Å². The van der Waals surface area contributed by atoms with E-state index in [4.69, 9.17) is 16.6 Å². The second-order valence-electron chi connectivity index (χ2n) is 8.32. The van der Waals surface area contributed by atoms with Crippen molar-refractivity contribution in [1.82, 2.24) is 30.6 Å². The minimum atomic E-state index is -4.15. The highest BCUT2D eigenvalue weighted by atomic mass is 32.2. The van der Waals surface area contributed by atoms with Crippen LogP contribution in [0.4, 0.5) is 5.95 Å². The fraction of sp³-hybridized carbons (Fsp3) is 0.261. The topological polar surface area (TPSA) is 195 Å². The summed E-state index contributed by atoms with van der Waals surface area (Å²) in [7, 11) is -4.15. The zero-order valence-electron chi connectivity index (χ0n) is 19.4. The van der Waals surface area contributed by atoms with Crippen LogP contribution in [-0.4, -0.2) is 50.3 Å². The first kappa shape index (κ1) is 25.6. The molecule has 188 valence electrons. The minimum Gasteiger partial charge on any atom is -0.369 e. The smallest absolute Gasteiger partial charge is 0.239 e. The second-order valence-corrected chi connectivity index (χ2v) is 11.2. The maximum Gasteiger partial charge on any atom is 0.239 e. The molecular weight excluding hydrogens is 498 g/mol. The summed E-state index contributed by atoms with van der Waals surface area (Å²) < 4.78 is 25.9. The number of benzene rings is 2. The molecule has 0 atom stereocenters. The predicted molar refractivity (Wildman–Crippen MR) is 141 cm³/mol. The van der Waals surface area contributed by atoms with Crippen LogP contribution in [0.1, 0.15) is 25.7 Å². The van der Waals surface area contributed by atoms with Crippen molar-refractivity contribution in [2.75, 3.05) is 5.73 Å². The molecule has 1 aliphatic carbocycles. The number of imidazole rings is 1. The number of fused-ring (bicyclic) bond motifs is 1. The SMILES string of the molecule is C=C=C.Nc1nc2c(-c3ccc(SC4CCC(N)CC4)c(S(N)(=O)=O)c3-c3nn[nH]n3)cccc2[nH]1. The van der Waals surface area contributed by atoms with E-state index >= 15 is 0 Å². The van der Waals surface area contributed by atoms with E-state index < -0.39 is 10.0 Å². The summed E-state index contributed by atoms with van der Waals surface area (Å²) in [6.07, 6.45) is 3.61. The van der Waals surface area contributed by atoms with Gasteiger partial charge in [-0.15, -0.1) is 27.7 Å². The molecule has 0 bridgehead atoms. The molecule has 0 unspecified atom stereocenters. The third-order valence-corrected chi connectivity index (χ3v) is 8.33. The van der Waals surface area contributed by atoms with Gasteiger partial charge >= 0.3 is 0 Å². The Morgan fingerprint density at radius 3 is 2.44 bits per heavy atom. The molecule has 1 saturated carbocycles. The molecule has 11 nitrogen and oxygen atoms in total. The van der Waals surface area contributed by atoms with Crippen LogP contribution in [0.2, 0.25) is 0 Å². The molecule has 36 heavy (non-hydrogen) atoms. The van der Waals surface area contributed by atoms with E-state index in [0.717, 1.165) is 31.2 Å². The number of rotatable bonds is 5. The van der Waals surface area contributed by atoms with Gasteiger partial charge in [0.15, 0.2) is 5.95 Å². The van der Waals surface area contributed by atoms with Crippen molar-refractivity contribution in [3.8, 4) is 22.5 Å². The Morgan fingerprint density at radius 1 is 1.08 bits per heavy atom. The van der Waals surface area contributed by atoms with Gasteiger partial charge in [-0.1, -0.05) is 31.4 Å². The van der Waals surface area contributed by atoms with Crippen molar-refractivity contribution in [2.24, 2.45) is 10.9 Å². The fourth-order valence-electron chi connectivity index (χ4n) is 4.31. The van der Waals surface area contributed by atoms with Gasteiger partial charge < -0.3 is 16.5 Å². The first-order chi connectivity index (χ1) is 17.2. The molecule has 0 saturated heterocycles. The number of nitrogens with zero attached hydrogens (tertiary/aromatic N) is 4. The number of thioether (sulfide) groups is 1. The Hall–Kier alpha value is -3.48. The molecule has 4 aromatic rings. The molecular formula is C23H27N9O2S2. The van der Waals surface area contributed by atoms with Crippen LogP contribution in [0.15, 0.2) is 59.0 Å². The molecule has 13 heteroatoms. The van der Waals surface area contributed by atoms with Crippen LogP contribution < -0.4 is 16.6 Å². The van der Waals surface area contributed by atoms with Crippen molar-refractivity contribution in [3.63, 3.8) is 0 Å². The van der Waals surface area contributed by atoms with Crippen LogP contribution in [0.3, 0.4) is 0 Å².